The fraction of sp³-hybridized carbons (Fsp3) is 0.333. The molecule has 0 aliphatic heterocycles. The number of aromatic nitrogens is 1. The molecule has 122 valence electrons. The molecule has 0 spiro atoms. The average molecular weight is 334 g/mol. The Labute approximate surface area is 137 Å². The minimum absolute atomic E-state index is 0.0183. The van der Waals surface area contributed by atoms with E-state index in [4.69, 9.17) is 0 Å². The van der Waals surface area contributed by atoms with Crippen molar-refractivity contribution in [3.63, 3.8) is 0 Å². The van der Waals surface area contributed by atoms with Gasteiger partial charge in [-0.15, -0.1) is 11.3 Å². The van der Waals surface area contributed by atoms with Gasteiger partial charge in [0, 0.05) is 19.2 Å². The van der Waals surface area contributed by atoms with Crippen LogP contribution in [0.15, 0.2) is 24.3 Å². The molecule has 1 heterocycles. The van der Waals surface area contributed by atoms with Gasteiger partial charge in [0.25, 0.3) is 11.6 Å². The minimum atomic E-state index is -0.437. The lowest BCUT2D eigenvalue weighted by molar-refractivity contribution is -0.384. The zero-order valence-electron chi connectivity index (χ0n) is 13.0. The van der Waals surface area contributed by atoms with Crippen LogP contribution < -0.4 is 10.6 Å². The van der Waals surface area contributed by atoms with Crippen molar-refractivity contribution in [2.24, 2.45) is 0 Å². The third-order valence-corrected chi connectivity index (χ3v) is 4.48. The Morgan fingerprint density at radius 1 is 1.35 bits per heavy atom. The standard InChI is InChI=1S/C15H18N4O3S/c1-3-13-18-10(2)14(23-13)15(20)17-9-8-16-11-6-4-5-7-12(11)19(21)22/h4-7,16H,3,8-9H2,1-2H3,(H,17,20). The number of carbonyl (C=O) groups excluding carboxylic acids is 1. The number of nitrogens with zero attached hydrogens (tertiary/aromatic N) is 2. The van der Waals surface area contributed by atoms with E-state index in [1.165, 1.54) is 17.4 Å². The summed E-state index contributed by atoms with van der Waals surface area (Å²) in [5.74, 6) is -0.163. The summed E-state index contributed by atoms with van der Waals surface area (Å²) < 4.78 is 0. The second-order valence-electron chi connectivity index (χ2n) is 4.83. The number of aryl methyl sites for hydroxylation is 2. The zero-order chi connectivity index (χ0) is 16.8. The van der Waals surface area contributed by atoms with Gasteiger partial charge in [-0.25, -0.2) is 4.98 Å². The second kappa shape index (κ2) is 7.68. The van der Waals surface area contributed by atoms with Gasteiger partial charge in [-0.3, -0.25) is 14.9 Å². The number of hydrogen-bond donors (Lipinski definition) is 2. The maximum Gasteiger partial charge on any atom is 0.292 e. The van der Waals surface area contributed by atoms with Crippen LogP contribution in [-0.4, -0.2) is 28.9 Å². The number of thiazole rings is 1. The molecule has 0 aliphatic carbocycles. The monoisotopic (exact) mass is 334 g/mol. The molecule has 0 atom stereocenters. The van der Waals surface area contributed by atoms with Gasteiger partial charge in [0.05, 0.1) is 15.6 Å². The maximum atomic E-state index is 12.1. The van der Waals surface area contributed by atoms with Crippen molar-refractivity contribution in [2.45, 2.75) is 20.3 Å². The van der Waals surface area contributed by atoms with Crippen LogP contribution in [0.3, 0.4) is 0 Å². The topological polar surface area (TPSA) is 97.2 Å². The van der Waals surface area contributed by atoms with Gasteiger partial charge in [0.15, 0.2) is 0 Å². The number of nitro benzene ring substituents is 1. The quantitative estimate of drug-likeness (QED) is 0.461. The normalized spacial score (nSPS) is 10.3. The van der Waals surface area contributed by atoms with Crippen molar-refractivity contribution in [1.82, 2.24) is 10.3 Å². The van der Waals surface area contributed by atoms with E-state index in [1.807, 2.05) is 13.8 Å². The summed E-state index contributed by atoms with van der Waals surface area (Å²) in [5.41, 5.74) is 1.19. The number of hydrogen-bond acceptors (Lipinski definition) is 6. The van der Waals surface area contributed by atoms with Gasteiger partial charge >= 0.3 is 0 Å². The Kier molecular flexibility index (Phi) is 5.64. The number of amides is 1. The first kappa shape index (κ1) is 16.9. The van der Waals surface area contributed by atoms with Crippen molar-refractivity contribution in [1.29, 1.82) is 0 Å². The zero-order valence-corrected chi connectivity index (χ0v) is 13.8. The summed E-state index contributed by atoms with van der Waals surface area (Å²) in [6.45, 7) is 4.57. The molecule has 1 amide bonds. The summed E-state index contributed by atoms with van der Waals surface area (Å²) in [5, 5.41) is 17.6. The predicted molar refractivity (Wildman–Crippen MR) is 90.1 cm³/mol. The molecule has 0 fully saturated rings. The molecule has 0 saturated heterocycles. The van der Waals surface area contributed by atoms with Crippen molar-refractivity contribution in [3.8, 4) is 0 Å². The summed E-state index contributed by atoms with van der Waals surface area (Å²) >= 11 is 1.40. The van der Waals surface area contributed by atoms with E-state index in [2.05, 4.69) is 15.6 Å². The van der Waals surface area contributed by atoms with Crippen LogP contribution >= 0.6 is 11.3 Å². The first-order valence-corrected chi connectivity index (χ1v) is 8.06. The Morgan fingerprint density at radius 3 is 2.74 bits per heavy atom. The highest BCUT2D eigenvalue weighted by Gasteiger charge is 2.14. The molecule has 0 unspecified atom stereocenters. The Bertz CT molecular complexity index is 714. The van der Waals surface area contributed by atoms with Gasteiger partial charge < -0.3 is 10.6 Å². The first-order chi connectivity index (χ1) is 11.0. The van der Waals surface area contributed by atoms with E-state index in [0.29, 0.717) is 23.7 Å². The van der Waals surface area contributed by atoms with Crippen LogP contribution in [0.2, 0.25) is 0 Å². The fourth-order valence-electron chi connectivity index (χ4n) is 2.05. The van der Waals surface area contributed by atoms with Gasteiger partial charge in [0.1, 0.15) is 10.6 Å². The molecule has 0 radical (unpaired) electrons. The summed E-state index contributed by atoms with van der Waals surface area (Å²) in [7, 11) is 0. The molecule has 0 bridgehead atoms. The van der Waals surface area contributed by atoms with Crippen molar-refractivity contribution in [2.75, 3.05) is 18.4 Å². The highest BCUT2D eigenvalue weighted by Crippen LogP contribution is 2.22. The van der Waals surface area contributed by atoms with E-state index in [-0.39, 0.29) is 11.6 Å². The van der Waals surface area contributed by atoms with Crippen LogP contribution in [0.4, 0.5) is 11.4 Å². The smallest absolute Gasteiger partial charge is 0.292 e. The molecule has 7 nitrogen and oxygen atoms in total. The lowest BCUT2D eigenvalue weighted by Gasteiger charge is -2.08. The van der Waals surface area contributed by atoms with E-state index < -0.39 is 4.92 Å². The van der Waals surface area contributed by atoms with E-state index in [1.54, 1.807) is 18.2 Å². The number of nitro groups is 1. The Hall–Kier alpha value is -2.48. The summed E-state index contributed by atoms with van der Waals surface area (Å²) in [4.78, 5) is 27.5. The highest BCUT2D eigenvalue weighted by molar-refractivity contribution is 7.13. The minimum Gasteiger partial charge on any atom is -0.378 e. The largest absolute Gasteiger partial charge is 0.378 e. The molecular weight excluding hydrogens is 316 g/mol. The number of nitrogens with one attached hydrogen (secondary N) is 2. The number of anilines is 1. The van der Waals surface area contributed by atoms with Gasteiger partial charge in [0.2, 0.25) is 0 Å². The molecule has 1 aromatic carbocycles. The lowest BCUT2D eigenvalue weighted by atomic mass is 10.2. The first-order valence-electron chi connectivity index (χ1n) is 7.24. The highest BCUT2D eigenvalue weighted by atomic mass is 32.1. The molecule has 2 rings (SSSR count). The van der Waals surface area contributed by atoms with Crippen LogP contribution in [-0.2, 0) is 6.42 Å². The Morgan fingerprint density at radius 2 is 2.09 bits per heavy atom. The molecule has 0 saturated carbocycles. The molecule has 2 N–H and O–H groups in total. The SMILES string of the molecule is CCc1nc(C)c(C(=O)NCCNc2ccccc2[N+](=O)[O-])s1. The number of para-hydroxylation sites is 2. The van der Waals surface area contributed by atoms with Crippen LogP contribution in [0.25, 0.3) is 0 Å². The molecular formula is C15H18N4O3S. The summed E-state index contributed by atoms with van der Waals surface area (Å²) in [6.07, 6.45) is 0.804. The van der Waals surface area contributed by atoms with Gasteiger partial charge in [-0.05, 0) is 19.4 Å². The van der Waals surface area contributed by atoms with Gasteiger partial charge in [-0.1, -0.05) is 19.1 Å². The van der Waals surface area contributed by atoms with Gasteiger partial charge in [-0.2, -0.15) is 0 Å². The third-order valence-electron chi connectivity index (χ3n) is 3.18. The van der Waals surface area contributed by atoms with Crippen LogP contribution in [0.5, 0.6) is 0 Å². The molecule has 2 aromatic rings. The molecule has 0 aliphatic rings. The van der Waals surface area contributed by atoms with Crippen molar-refractivity contribution in [3.05, 3.63) is 50.0 Å². The van der Waals surface area contributed by atoms with Crippen LogP contribution in [0, 0.1) is 17.0 Å². The van der Waals surface area contributed by atoms with E-state index in [0.717, 1.165) is 17.1 Å². The number of carbonyl (C=O) groups is 1. The van der Waals surface area contributed by atoms with Crippen LogP contribution in [0.1, 0.15) is 27.3 Å². The Balaban J connectivity index is 1.87. The van der Waals surface area contributed by atoms with Crippen molar-refractivity contribution < 1.29 is 9.72 Å². The molecule has 8 heteroatoms. The fourth-order valence-corrected chi connectivity index (χ4v) is 2.97. The lowest BCUT2D eigenvalue weighted by Crippen LogP contribution is -2.28. The molecule has 1 aromatic heterocycles. The number of rotatable bonds is 7. The van der Waals surface area contributed by atoms with E-state index in [9.17, 15) is 14.9 Å². The predicted octanol–water partition coefficient (Wildman–Crippen LogP) is 2.76. The molecule has 23 heavy (non-hydrogen) atoms. The average Bonchev–Trinajstić information content (AvgIpc) is 2.92. The second-order valence-corrected chi connectivity index (χ2v) is 5.92. The van der Waals surface area contributed by atoms with Crippen molar-refractivity contribution >= 4 is 28.6 Å². The summed E-state index contributed by atoms with van der Waals surface area (Å²) in [6, 6.07) is 6.42. The van der Waals surface area contributed by atoms with E-state index >= 15 is 0 Å². The number of benzene rings is 1. The third kappa shape index (κ3) is 4.26. The maximum absolute atomic E-state index is 12.1.